The van der Waals surface area contributed by atoms with E-state index in [1.165, 1.54) is 94.6 Å². The fourth-order valence-electron chi connectivity index (χ4n) is 8.29. The average molecular weight is 775 g/mol. The second-order valence-corrected chi connectivity index (χ2v) is 15.1. The third-order valence-corrected chi connectivity index (χ3v) is 11.4. The molecule has 294 valence electrons. The molecule has 0 aliphatic heterocycles. The summed E-state index contributed by atoms with van der Waals surface area (Å²) < 4.78 is 0. The zero-order chi connectivity index (χ0) is 42.0. The molecule has 1 aliphatic carbocycles. The first-order valence-corrected chi connectivity index (χ1v) is 21.1. The SMILES string of the molecule is C=C/C=C(\C=C)c1ccc(C)c(-c2ccccc2-c2ccccc2-c2cc(-c3cccc4c3Cc3ccccc3-4)ccc2C)c1.CC.Cc1ccc(-c2ccccc2)cc1. The average Bonchev–Trinajstić information content (AvgIpc) is 3.69. The van der Waals surface area contributed by atoms with Crippen LogP contribution in [-0.2, 0) is 6.42 Å². The van der Waals surface area contributed by atoms with Gasteiger partial charge in [0.25, 0.3) is 0 Å². The van der Waals surface area contributed by atoms with E-state index < -0.39 is 0 Å². The Bertz CT molecular complexity index is 2790. The Kier molecular flexibility index (Phi) is 13.1. The molecule has 0 nitrogen and oxygen atoms in total. The minimum atomic E-state index is 0.975. The number of benzene rings is 8. The lowest BCUT2D eigenvalue weighted by atomic mass is 9.85. The van der Waals surface area contributed by atoms with E-state index >= 15 is 0 Å². The summed E-state index contributed by atoms with van der Waals surface area (Å²) in [5.74, 6) is 0. The number of aryl methyl sites for hydroxylation is 3. The van der Waals surface area contributed by atoms with E-state index in [1.807, 2.05) is 38.1 Å². The van der Waals surface area contributed by atoms with Gasteiger partial charge in [0, 0.05) is 0 Å². The lowest BCUT2D eigenvalue weighted by molar-refractivity contribution is 1.26. The summed E-state index contributed by atoms with van der Waals surface area (Å²) in [5.41, 5.74) is 24.1. The quantitative estimate of drug-likeness (QED) is 0.135. The maximum absolute atomic E-state index is 4.04. The van der Waals surface area contributed by atoms with Crippen molar-refractivity contribution in [3.63, 3.8) is 0 Å². The van der Waals surface area contributed by atoms with Gasteiger partial charge in [-0.15, -0.1) is 0 Å². The summed E-state index contributed by atoms with van der Waals surface area (Å²) in [5, 5.41) is 0. The van der Waals surface area contributed by atoms with E-state index in [1.54, 1.807) is 0 Å². The topological polar surface area (TPSA) is 0 Å². The van der Waals surface area contributed by atoms with Crippen molar-refractivity contribution in [2.24, 2.45) is 0 Å². The largest absolute Gasteiger partial charge is 0.0990 e. The molecule has 0 heterocycles. The molecule has 0 N–H and O–H groups in total. The van der Waals surface area contributed by atoms with Gasteiger partial charge in [-0.3, -0.25) is 0 Å². The van der Waals surface area contributed by atoms with Crippen LogP contribution in [-0.4, -0.2) is 0 Å². The molecule has 0 saturated carbocycles. The summed E-state index contributed by atoms with van der Waals surface area (Å²) in [7, 11) is 0. The lowest BCUT2D eigenvalue weighted by Gasteiger charge is -2.19. The maximum Gasteiger partial charge on any atom is -0.000729 e. The molecule has 0 unspecified atom stereocenters. The molecule has 60 heavy (non-hydrogen) atoms. The standard InChI is InChI=1S/C45H36.C13H12.C2H6/c1-5-14-32(6-2)33-25-23-30(3)43(27-33)41-19-11-9-17-39(41)40-18-10-12-20-42(40)44-28-35(26-24-31(44)4)37-21-13-22-38-36-16-8-7-15-34(36)29-45(37)38;1-11-7-9-13(10-8-11)12-5-3-2-4-6-12;1-2/h5-28H,1-2,29H2,3-4H3;2-10H,1H3;1-2H3/b32-14+;;. The number of allylic oxidation sites excluding steroid dienone is 4. The highest BCUT2D eigenvalue weighted by molar-refractivity contribution is 5.95. The third kappa shape index (κ3) is 8.70. The first kappa shape index (κ1) is 41.2. The minimum Gasteiger partial charge on any atom is -0.0990 e. The van der Waals surface area contributed by atoms with Crippen molar-refractivity contribution in [1.82, 2.24) is 0 Å². The van der Waals surface area contributed by atoms with E-state index in [9.17, 15) is 0 Å². The summed E-state index contributed by atoms with van der Waals surface area (Å²) in [4.78, 5) is 0. The van der Waals surface area contributed by atoms with Gasteiger partial charge < -0.3 is 0 Å². The molecule has 8 aromatic carbocycles. The normalized spacial score (nSPS) is 11.2. The van der Waals surface area contributed by atoms with Gasteiger partial charge in [0.05, 0.1) is 0 Å². The Balaban J connectivity index is 0.000000306. The van der Waals surface area contributed by atoms with Crippen molar-refractivity contribution in [1.29, 1.82) is 0 Å². The van der Waals surface area contributed by atoms with Crippen LogP contribution in [0.25, 0.3) is 72.3 Å². The van der Waals surface area contributed by atoms with E-state index in [-0.39, 0.29) is 0 Å². The van der Waals surface area contributed by atoms with Crippen LogP contribution >= 0.6 is 0 Å². The number of fused-ring (bicyclic) bond motifs is 3. The van der Waals surface area contributed by atoms with E-state index in [0.717, 1.165) is 17.6 Å². The molecule has 1 aliphatic rings. The van der Waals surface area contributed by atoms with Crippen LogP contribution in [0.5, 0.6) is 0 Å². The molecule has 0 bridgehead atoms. The molecular weight excluding hydrogens is 721 g/mol. The zero-order valence-electron chi connectivity index (χ0n) is 35.7. The molecule has 0 saturated heterocycles. The van der Waals surface area contributed by atoms with Gasteiger partial charge in [0.2, 0.25) is 0 Å². The second-order valence-electron chi connectivity index (χ2n) is 15.1. The van der Waals surface area contributed by atoms with Crippen molar-refractivity contribution < 1.29 is 0 Å². The van der Waals surface area contributed by atoms with Gasteiger partial charge in [-0.2, -0.15) is 0 Å². The van der Waals surface area contributed by atoms with Crippen LogP contribution in [0.2, 0.25) is 0 Å². The van der Waals surface area contributed by atoms with Gasteiger partial charge >= 0.3 is 0 Å². The highest BCUT2D eigenvalue weighted by atomic mass is 14.3. The van der Waals surface area contributed by atoms with Gasteiger partial charge in [-0.1, -0.05) is 221 Å². The number of hydrogen-bond donors (Lipinski definition) is 0. The van der Waals surface area contributed by atoms with Crippen molar-refractivity contribution >= 4 is 5.57 Å². The Morgan fingerprint density at radius 2 is 0.900 bits per heavy atom. The summed E-state index contributed by atoms with van der Waals surface area (Å²) in [6.45, 7) is 18.5. The minimum absolute atomic E-state index is 0.975. The zero-order valence-corrected chi connectivity index (χ0v) is 35.7. The van der Waals surface area contributed by atoms with Crippen LogP contribution in [0, 0.1) is 20.8 Å². The highest BCUT2D eigenvalue weighted by Crippen LogP contribution is 2.44. The van der Waals surface area contributed by atoms with Crippen molar-refractivity contribution in [2.75, 3.05) is 0 Å². The Morgan fingerprint density at radius 3 is 1.52 bits per heavy atom. The molecule has 8 aromatic rings. The molecule has 0 heteroatoms. The van der Waals surface area contributed by atoms with E-state index in [4.69, 9.17) is 0 Å². The van der Waals surface area contributed by atoms with E-state index in [2.05, 4.69) is 210 Å². The lowest BCUT2D eigenvalue weighted by Crippen LogP contribution is -1.94. The first-order chi connectivity index (χ1) is 29.4. The highest BCUT2D eigenvalue weighted by Gasteiger charge is 2.22. The predicted octanol–water partition coefficient (Wildman–Crippen LogP) is 17.0. The Morgan fingerprint density at radius 1 is 0.417 bits per heavy atom. The molecule has 0 amide bonds. The molecule has 0 fully saturated rings. The van der Waals surface area contributed by atoms with Crippen LogP contribution < -0.4 is 0 Å². The van der Waals surface area contributed by atoms with Crippen LogP contribution in [0.1, 0.15) is 47.2 Å². The molecule has 0 radical (unpaired) electrons. The Labute approximate surface area is 358 Å². The smallest absolute Gasteiger partial charge is 0.000729 e. The van der Waals surface area contributed by atoms with Crippen molar-refractivity contribution in [3.05, 3.63) is 247 Å². The second kappa shape index (κ2) is 19.2. The van der Waals surface area contributed by atoms with Gasteiger partial charge in [0.15, 0.2) is 0 Å². The first-order valence-electron chi connectivity index (χ1n) is 21.1. The van der Waals surface area contributed by atoms with Gasteiger partial charge in [-0.05, 0) is 139 Å². The predicted molar refractivity (Wildman–Crippen MR) is 262 cm³/mol. The molecule has 0 spiro atoms. The Hall–Kier alpha value is -7.02. The third-order valence-electron chi connectivity index (χ3n) is 11.4. The number of rotatable bonds is 8. The van der Waals surface area contributed by atoms with Crippen molar-refractivity contribution in [3.8, 4) is 66.8 Å². The van der Waals surface area contributed by atoms with Gasteiger partial charge in [-0.25, -0.2) is 0 Å². The maximum atomic E-state index is 4.04. The summed E-state index contributed by atoms with van der Waals surface area (Å²) in [6, 6.07) is 65.9. The van der Waals surface area contributed by atoms with Crippen molar-refractivity contribution in [2.45, 2.75) is 41.0 Å². The summed E-state index contributed by atoms with van der Waals surface area (Å²) >= 11 is 0. The molecule has 9 rings (SSSR count). The van der Waals surface area contributed by atoms with Crippen LogP contribution in [0.4, 0.5) is 0 Å². The summed E-state index contributed by atoms with van der Waals surface area (Å²) in [6.07, 6.45) is 6.70. The number of hydrogen-bond acceptors (Lipinski definition) is 0. The fourth-order valence-corrected chi connectivity index (χ4v) is 8.29. The molecule has 0 atom stereocenters. The van der Waals surface area contributed by atoms with Crippen LogP contribution in [0.15, 0.2) is 213 Å². The molecular formula is C60H54. The fraction of sp³-hybridized carbons (Fsp3) is 0.100. The molecule has 0 aromatic heterocycles. The van der Waals surface area contributed by atoms with E-state index in [0.29, 0.717) is 0 Å². The monoisotopic (exact) mass is 774 g/mol. The van der Waals surface area contributed by atoms with Gasteiger partial charge in [0.1, 0.15) is 0 Å². The van der Waals surface area contributed by atoms with Crippen LogP contribution in [0.3, 0.4) is 0 Å².